The van der Waals surface area contributed by atoms with Gasteiger partial charge in [-0.2, -0.15) is 0 Å². The number of aromatic amines is 1. The number of imide groups is 2. The van der Waals surface area contributed by atoms with E-state index in [1.807, 2.05) is 12.1 Å². The van der Waals surface area contributed by atoms with E-state index in [9.17, 15) is 24.0 Å². The molecule has 2 aliphatic rings. The zero-order valence-corrected chi connectivity index (χ0v) is 14.7. The van der Waals surface area contributed by atoms with Crippen molar-refractivity contribution >= 4 is 29.5 Å². The average molecular weight is 380 g/mol. The molecule has 1 unspecified atom stereocenters. The summed E-state index contributed by atoms with van der Waals surface area (Å²) in [5.74, 6) is -2.74. The van der Waals surface area contributed by atoms with Crippen LogP contribution in [0.5, 0.6) is 0 Å². The maximum absolute atomic E-state index is 12.8. The van der Waals surface area contributed by atoms with Crippen LogP contribution in [0, 0.1) is 0 Å². The zero-order valence-electron chi connectivity index (χ0n) is 14.7. The van der Waals surface area contributed by atoms with Crippen LogP contribution in [-0.2, 0) is 16.1 Å². The summed E-state index contributed by atoms with van der Waals surface area (Å²) >= 11 is 0. The SMILES string of the molecule is O=C1CCC(N2C(=O)c3ccc(C(=O)NCc4ccc[nH]4)cc3C2=O)C(=O)N1. The summed E-state index contributed by atoms with van der Waals surface area (Å²) in [6, 6.07) is 6.82. The Morgan fingerprint density at radius 2 is 1.89 bits per heavy atom. The van der Waals surface area contributed by atoms with E-state index >= 15 is 0 Å². The summed E-state index contributed by atoms with van der Waals surface area (Å²) in [7, 11) is 0. The molecular weight excluding hydrogens is 364 g/mol. The van der Waals surface area contributed by atoms with Gasteiger partial charge < -0.3 is 10.3 Å². The number of aromatic nitrogens is 1. The number of H-pyrrole nitrogens is 1. The first-order valence-corrected chi connectivity index (χ1v) is 8.72. The molecule has 0 aliphatic carbocycles. The van der Waals surface area contributed by atoms with Gasteiger partial charge in [0.05, 0.1) is 17.7 Å². The van der Waals surface area contributed by atoms with Gasteiger partial charge in [-0.15, -0.1) is 0 Å². The molecule has 1 aromatic carbocycles. The Morgan fingerprint density at radius 3 is 2.61 bits per heavy atom. The highest BCUT2D eigenvalue weighted by molar-refractivity contribution is 6.24. The number of carbonyl (C=O) groups excluding carboxylic acids is 5. The van der Waals surface area contributed by atoms with Crippen LogP contribution in [0.3, 0.4) is 0 Å². The predicted octanol–water partition coefficient (Wildman–Crippen LogP) is 0.346. The minimum Gasteiger partial charge on any atom is -0.364 e. The highest BCUT2D eigenvalue weighted by Crippen LogP contribution is 2.28. The van der Waals surface area contributed by atoms with E-state index < -0.39 is 35.6 Å². The highest BCUT2D eigenvalue weighted by atomic mass is 16.2. The molecule has 0 bridgehead atoms. The van der Waals surface area contributed by atoms with Crippen molar-refractivity contribution in [2.75, 3.05) is 0 Å². The minimum atomic E-state index is -1.03. The van der Waals surface area contributed by atoms with Crippen LogP contribution in [0.4, 0.5) is 0 Å². The van der Waals surface area contributed by atoms with Gasteiger partial charge in [0, 0.05) is 23.9 Å². The van der Waals surface area contributed by atoms with Crippen molar-refractivity contribution in [2.24, 2.45) is 0 Å². The number of nitrogens with zero attached hydrogens (tertiary/aromatic N) is 1. The van der Waals surface area contributed by atoms with Crippen molar-refractivity contribution in [3.8, 4) is 0 Å². The normalized spacial score (nSPS) is 18.9. The fraction of sp³-hybridized carbons (Fsp3) is 0.211. The minimum absolute atomic E-state index is 0.0518. The lowest BCUT2D eigenvalue weighted by Crippen LogP contribution is -2.54. The van der Waals surface area contributed by atoms with Gasteiger partial charge in [-0.25, -0.2) is 0 Å². The molecule has 0 spiro atoms. The first-order chi connectivity index (χ1) is 13.5. The number of carbonyl (C=O) groups is 5. The standard InChI is InChI=1S/C19H16N4O5/c24-15-6-5-14(17(26)22-15)23-18(27)12-4-3-10(8-13(12)19(23)28)16(25)21-9-11-2-1-7-20-11/h1-4,7-8,14,20H,5-6,9H2,(H,21,25)(H,22,24,26). The van der Waals surface area contributed by atoms with Crippen LogP contribution < -0.4 is 10.6 Å². The van der Waals surface area contributed by atoms with Crippen LogP contribution in [0.1, 0.15) is 49.6 Å². The quantitative estimate of drug-likeness (QED) is 0.659. The molecule has 142 valence electrons. The molecule has 2 aliphatic heterocycles. The monoisotopic (exact) mass is 380 g/mol. The van der Waals surface area contributed by atoms with Crippen molar-refractivity contribution in [3.05, 3.63) is 58.9 Å². The molecule has 1 atom stereocenters. The molecule has 0 radical (unpaired) electrons. The van der Waals surface area contributed by atoms with E-state index in [0.717, 1.165) is 10.6 Å². The lowest BCUT2D eigenvalue weighted by atomic mass is 10.0. The fourth-order valence-corrected chi connectivity index (χ4v) is 3.37. The number of hydrogen-bond acceptors (Lipinski definition) is 5. The first kappa shape index (κ1) is 17.7. The van der Waals surface area contributed by atoms with Crippen LogP contribution in [0.2, 0.25) is 0 Å². The molecule has 4 rings (SSSR count). The molecule has 5 amide bonds. The van der Waals surface area contributed by atoms with Crippen LogP contribution in [-0.4, -0.2) is 45.5 Å². The van der Waals surface area contributed by atoms with E-state index in [1.165, 1.54) is 18.2 Å². The average Bonchev–Trinajstić information content (AvgIpc) is 3.28. The fourth-order valence-electron chi connectivity index (χ4n) is 3.37. The molecule has 3 heterocycles. The van der Waals surface area contributed by atoms with E-state index in [2.05, 4.69) is 15.6 Å². The lowest BCUT2D eigenvalue weighted by Gasteiger charge is -2.27. The number of piperidine rings is 1. The maximum atomic E-state index is 12.8. The smallest absolute Gasteiger partial charge is 0.262 e. The summed E-state index contributed by atoms with van der Waals surface area (Å²) in [5, 5.41) is 4.87. The Kier molecular flexibility index (Phi) is 4.26. The number of rotatable bonds is 4. The van der Waals surface area contributed by atoms with Crippen molar-refractivity contribution in [2.45, 2.75) is 25.4 Å². The first-order valence-electron chi connectivity index (χ1n) is 8.72. The van der Waals surface area contributed by atoms with Crippen molar-refractivity contribution in [3.63, 3.8) is 0 Å². The number of benzene rings is 1. The molecule has 3 N–H and O–H groups in total. The van der Waals surface area contributed by atoms with E-state index in [4.69, 9.17) is 0 Å². The highest BCUT2D eigenvalue weighted by Gasteiger charge is 2.44. The van der Waals surface area contributed by atoms with Crippen LogP contribution >= 0.6 is 0 Å². The van der Waals surface area contributed by atoms with Gasteiger partial charge in [-0.05, 0) is 36.8 Å². The summed E-state index contributed by atoms with van der Waals surface area (Å²) in [5.41, 5.74) is 1.26. The van der Waals surface area contributed by atoms with Gasteiger partial charge in [0.15, 0.2) is 0 Å². The second kappa shape index (κ2) is 6.76. The van der Waals surface area contributed by atoms with Crippen molar-refractivity contribution < 1.29 is 24.0 Å². The molecule has 1 fully saturated rings. The van der Waals surface area contributed by atoms with Gasteiger partial charge in [0.2, 0.25) is 11.8 Å². The van der Waals surface area contributed by atoms with Gasteiger partial charge in [0.1, 0.15) is 6.04 Å². The zero-order chi connectivity index (χ0) is 19.8. The van der Waals surface area contributed by atoms with Crippen molar-refractivity contribution in [1.29, 1.82) is 0 Å². The molecule has 1 aromatic heterocycles. The molecule has 9 nitrogen and oxygen atoms in total. The number of hydrogen-bond donors (Lipinski definition) is 3. The van der Waals surface area contributed by atoms with E-state index in [-0.39, 0.29) is 36.1 Å². The number of nitrogens with one attached hydrogen (secondary N) is 3. The Bertz CT molecular complexity index is 1010. The third-order valence-electron chi connectivity index (χ3n) is 4.80. The van der Waals surface area contributed by atoms with Crippen LogP contribution in [0.15, 0.2) is 36.5 Å². The molecule has 9 heteroatoms. The summed E-state index contributed by atoms with van der Waals surface area (Å²) in [6.45, 7) is 0.290. The molecule has 1 saturated heterocycles. The largest absolute Gasteiger partial charge is 0.364 e. The predicted molar refractivity (Wildman–Crippen MR) is 95.1 cm³/mol. The second-order valence-corrected chi connectivity index (χ2v) is 6.59. The summed E-state index contributed by atoms with van der Waals surface area (Å²) in [6.07, 6.45) is 1.88. The molecule has 2 aromatic rings. The Hall–Kier alpha value is -3.75. The Balaban J connectivity index is 1.54. The van der Waals surface area contributed by atoms with E-state index in [0.29, 0.717) is 0 Å². The van der Waals surface area contributed by atoms with Crippen LogP contribution in [0.25, 0.3) is 0 Å². The summed E-state index contributed by atoms with van der Waals surface area (Å²) < 4.78 is 0. The van der Waals surface area contributed by atoms with Gasteiger partial charge in [-0.3, -0.25) is 34.2 Å². The van der Waals surface area contributed by atoms with Gasteiger partial charge >= 0.3 is 0 Å². The third-order valence-corrected chi connectivity index (χ3v) is 4.80. The molecule has 0 saturated carbocycles. The Morgan fingerprint density at radius 1 is 1.11 bits per heavy atom. The third kappa shape index (κ3) is 2.96. The second-order valence-electron chi connectivity index (χ2n) is 6.59. The number of fused-ring (bicyclic) bond motifs is 1. The van der Waals surface area contributed by atoms with Gasteiger partial charge in [-0.1, -0.05) is 0 Å². The topological polar surface area (TPSA) is 128 Å². The molecule has 28 heavy (non-hydrogen) atoms. The Labute approximate surface area is 159 Å². The molecular formula is C19H16N4O5. The summed E-state index contributed by atoms with van der Waals surface area (Å²) in [4.78, 5) is 65.0. The van der Waals surface area contributed by atoms with Gasteiger partial charge in [0.25, 0.3) is 17.7 Å². The number of amides is 5. The lowest BCUT2D eigenvalue weighted by molar-refractivity contribution is -0.136. The van der Waals surface area contributed by atoms with Crippen molar-refractivity contribution in [1.82, 2.24) is 20.5 Å². The maximum Gasteiger partial charge on any atom is 0.262 e. The van der Waals surface area contributed by atoms with E-state index in [1.54, 1.807) is 6.20 Å².